The predicted octanol–water partition coefficient (Wildman–Crippen LogP) is 3.00. The molecule has 104 valence electrons. The van der Waals surface area contributed by atoms with Crippen LogP contribution in [0.1, 0.15) is 6.42 Å². The molecule has 1 aliphatic rings. The minimum Gasteiger partial charge on any atom is -0.469 e. The first-order chi connectivity index (χ1) is 9.70. The Morgan fingerprint density at radius 2 is 2.25 bits per heavy atom. The Labute approximate surface area is 125 Å². The third-order valence-electron chi connectivity index (χ3n) is 3.75. The van der Waals surface area contributed by atoms with Gasteiger partial charge in [0, 0.05) is 34.5 Å². The monoisotopic (exact) mass is 334 g/mol. The number of halogens is 1. The number of ether oxygens (including phenoxy) is 1. The molecule has 0 N–H and O–H groups in total. The lowest BCUT2D eigenvalue weighted by molar-refractivity contribution is -0.144. The molecule has 2 heterocycles. The molecular weight excluding hydrogens is 320 g/mol. The zero-order valence-corrected chi connectivity index (χ0v) is 12.8. The molecule has 0 aliphatic carbocycles. The Morgan fingerprint density at radius 1 is 1.40 bits per heavy atom. The molecule has 1 aromatic carbocycles. The van der Waals surface area contributed by atoms with Crippen molar-refractivity contribution >= 4 is 38.5 Å². The second-order valence-electron chi connectivity index (χ2n) is 4.92. The summed E-state index contributed by atoms with van der Waals surface area (Å²) in [6, 6.07) is 8.09. The quantitative estimate of drug-likeness (QED) is 0.792. The van der Waals surface area contributed by atoms with Gasteiger partial charge in [-0.1, -0.05) is 28.1 Å². The second kappa shape index (κ2) is 5.40. The van der Waals surface area contributed by atoms with Crippen LogP contribution in [0.2, 0.25) is 0 Å². The van der Waals surface area contributed by atoms with Crippen molar-refractivity contribution in [3.8, 4) is 0 Å². The summed E-state index contributed by atoms with van der Waals surface area (Å²) in [6.07, 6.45) is 2.63. The van der Waals surface area contributed by atoms with Crippen LogP contribution in [0.25, 0.3) is 10.8 Å². The summed E-state index contributed by atoms with van der Waals surface area (Å²) in [7, 11) is 1.44. The Balaban J connectivity index is 1.96. The summed E-state index contributed by atoms with van der Waals surface area (Å²) in [6.45, 7) is 1.50. The van der Waals surface area contributed by atoms with E-state index >= 15 is 0 Å². The number of anilines is 1. The third-order valence-corrected chi connectivity index (χ3v) is 4.45. The minimum absolute atomic E-state index is 0.0517. The fourth-order valence-corrected chi connectivity index (χ4v) is 3.22. The van der Waals surface area contributed by atoms with Crippen LogP contribution in [0.4, 0.5) is 5.82 Å². The molecule has 0 bridgehead atoms. The van der Waals surface area contributed by atoms with E-state index in [2.05, 4.69) is 31.9 Å². The van der Waals surface area contributed by atoms with Crippen molar-refractivity contribution in [2.24, 2.45) is 5.92 Å². The fourth-order valence-electron chi connectivity index (χ4n) is 2.72. The van der Waals surface area contributed by atoms with E-state index in [1.54, 1.807) is 0 Å². The molecule has 2 aromatic rings. The van der Waals surface area contributed by atoms with Crippen molar-refractivity contribution in [1.29, 1.82) is 0 Å². The van der Waals surface area contributed by atoms with Gasteiger partial charge in [-0.2, -0.15) is 0 Å². The van der Waals surface area contributed by atoms with Crippen molar-refractivity contribution in [3.63, 3.8) is 0 Å². The van der Waals surface area contributed by atoms with E-state index in [0.717, 1.165) is 34.0 Å². The van der Waals surface area contributed by atoms with Gasteiger partial charge in [-0.05, 0) is 18.6 Å². The van der Waals surface area contributed by atoms with Crippen LogP contribution in [-0.4, -0.2) is 31.2 Å². The molecule has 4 nitrogen and oxygen atoms in total. The third kappa shape index (κ3) is 2.26. The highest BCUT2D eigenvalue weighted by Crippen LogP contribution is 2.32. The number of methoxy groups -OCH3 is 1. The highest BCUT2D eigenvalue weighted by Gasteiger charge is 2.30. The standard InChI is InChI=1S/C15H15BrN2O2/c1-20-15(19)10-6-8-18(9-10)14-12-3-2-4-13(16)11(12)5-7-17-14/h2-5,7,10H,6,8-9H2,1H3. The summed E-state index contributed by atoms with van der Waals surface area (Å²) in [4.78, 5) is 18.3. The molecular formula is C15H15BrN2O2. The van der Waals surface area contributed by atoms with Gasteiger partial charge >= 0.3 is 5.97 Å². The van der Waals surface area contributed by atoms with Gasteiger partial charge in [-0.15, -0.1) is 0 Å². The van der Waals surface area contributed by atoms with Gasteiger partial charge in [-0.25, -0.2) is 4.98 Å². The topological polar surface area (TPSA) is 42.4 Å². The molecule has 1 atom stereocenters. The van der Waals surface area contributed by atoms with E-state index in [4.69, 9.17) is 4.74 Å². The van der Waals surface area contributed by atoms with Crippen LogP contribution >= 0.6 is 15.9 Å². The summed E-state index contributed by atoms with van der Waals surface area (Å²) in [5.74, 6) is 0.758. The number of aromatic nitrogens is 1. The Bertz CT molecular complexity index is 659. The van der Waals surface area contributed by atoms with Gasteiger partial charge in [0.2, 0.25) is 0 Å². The number of carbonyl (C=O) groups excluding carboxylic acids is 1. The normalized spacial score (nSPS) is 18.5. The van der Waals surface area contributed by atoms with Crippen LogP contribution in [0.15, 0.2) is 34.9 Å². The lowest BCUT2D eigenvalue weighted by Crippen LogP contribution is -2.24. The van der Waals surface area contributed by atoms with E-state index in [0.29, 0.717) is 6.54 Å². The van der Waals surface area contributed by atoms with Gasteiger partial charge < -0.3 is 9.64 Å². The van der Waals surface area contributed by atoms with Gasteiger partial charge in [-0.3, -0.25) is 4.79 Å². The number of carbonyl (C=O) groups is 1. The van der Waals surface area contributed by atoms with E-state index in [9.17, 15) is 4.79 Å². The average molecular weight is 335 g/mol. The van der Waals surface area contributed by atoms with Crippen LogP contribution in [0, 0.1) is 5.92 Å². The van der Waals surface area contributed by atoms with E-state index in [-0.39, 0.29) is 11.9 Å². The van der Waals surface area contributed by atoms with Gasteiger partial charge in [0.25, 0.3) is 0 Å². The number of hydrogen-bond acceptors (Lipinski definition) is 4. The van der Waals surface area contributed by atoms with Crippen molar-refractivity contribution in [2.75, 3.05) is 25.1 Å². The SMILES string of the molecule is COC(=O)C1CCN(c2nccc3c(Br)cccc23)C1. The van der Waals surface area contributed by atoms with Crippen LogP contribution in [-0.2, 0) is 9.53 Å². The predicted molar refractivity (Wildman–Crippen MR) is 81.8 cm³/mol. The van der Waals surface area contributed by atoms with E-state index < -0.39 is 0 Å². The Kier molecular flexibility index (Phi) is 3.61. The smallest absolute Gasteiger partial charge is 0.310 e. The van der Waals surface area contributed by atoms with Gasteiger partial charge in [0.1, 0.15) is 5.82 Å². The summed E-state index contributed by atoms with van der Waals surface area (Å²) >= 11 is 3.57. The number of hydrogen-bond donors (Lipinski definition) is 0. The molecule has 0 radical (unpaired) electrons. The highest BCUT2D eigenvalue weighted by atomic mass is 79.9. The van der Waals surface area contributed by atoms with Gasteiger partial charge in [0.15, 0.2) is 0 Å². The molecule has 20 heavy (non-hydrogen) atoms. The summed E-state index contributed by atoms with van der Waals surface area (Å²) in [5, 5.41) is 2.24. The first-order valence-electron chi connectivity index (χ1n) is 6.56. The largest absolute Gasteiger partial charge is 0.469 e. The molecule has 5 heteroatoms. The molecule has 0 saturated carbocycles. The lowest BCUT2D eigenvalue weighted by Gasteiger charge is -2.19. The number of rotatable bonds is 2. The number of fused-ring (bicyclic) bond motifs is 1. The molecule has 1 unspecified atom stereocenters. The van der Waals surface area contributed by atoms with Gasteiger partial charge in [0.05, 0.1) is 13.0 Å². The van der Waals surface area contributed by atoms with E-state index in [1.807, 2.05) is 24.4 Å². The zero-order chi connectivity index (χ0) is 14.1. The number of nitrogens with zero attached hydrogens (tertiary/aromatic N) is 2. The van der Waals surface area contributed by atoms with Crippen LogP contribution in [0.3, 0.4) is 0 Å². The maximum absolute atomic E-state index is 11.6. The van der Waals surface area contributed by atoms with Crippen molar-refractivity contribution in [3.05, 3.63) is 34.9 Å². The van der Waals surface area contributed by atoms with Crippen LogP contribution in [0.5, 0.6) is 0 Å². The first-order valence-corrected chi connectivity index (χ1v) is 7.36. The second-order valence-corrected chi connectivity index (χ2v) is 5.78. The Morgan fingerprint density at radius 3 is 3.05 bits per heavy atom. The molecule has 3 rings (SSSR count). The summed E-state index contributed by atoms with van der Waals surface area (Å²) in [5.41, 5.74) is 0. The van der Waals surface area contributed by atoms with Crippen molar-refractivity contribution < 1.29 is 9.53 Å². The Hall–Kier alpha value is -1.62. The maximum Gasteiger partial charge on any atom is 0.310 e. The molecule has 0 spiro atoms. The molecule has 1 aliphatic heterocycles. The maximum atomic E-state index is 11.6. The fraction of sp³-hybridized carbons (Fsp3) is 0.333. The molecule has 0 amide bonds. The number of benzene rings is 1. The number of esters is 1. The molecule has 1 saturated heterocycles. The highest BCUT2D eigenvalue weighted by molar-refractivity contribution is 9.10. The van der Waals surface area contributed by atoms with Crippen LogP contribution < -0.4 is 4.90 Å². The first kappa shape index (κ1) is 13.4. The average Bonchev–Trinajstić information content (AvgIpc) is 2.96. The van der Waals surface area contributed by atoms with Crippen molar-refractivity contribution in [2.45, 2.75) is 6.42 Å². The number of pyridine rings is 1. The van der Waals surface area contributed by atoms with E-state index in [1.165, 1.54) is 7.11 Å². The summed E-state index contributed by atoms with van der Waals surface area (Å²) < 4.78 is 5.89. The molecule has 1 aromatic heterocycles. The van der Waals surface area contributed by atoms with Crippen molar-refractivity contribution in [1.82, 2.24) is 4.98 Å². The molecule has 1 fully saturated rings. The lowest BCUT2D eigenvalue weighted by atomic mass is 10.1. The zero-order valence-electron chi connectivity index (χ0n) is 11.2. The minimum atomic E-state index is -0.131.